The third-order valence-corrected chi connectivity index (χ3v) is 5.19. The summed E-state index contributed by atoms with van der Waals surface area (Å²) in [5.74, 6) is 0.786. The van der Waals surface area contributed by atoms with Gasteiger partial charge in [-0.3, -0.25) is 9.69 Å². The summed E-state index contributed by atoms with van der Waals surface area (Å²) >= 11 is 0. The zero-order valence-electron chi connectivity index (χ0n) is 13.8. The molecule has 1 unspecified atom stereocenters. The number of nitrogens with one attached hydrogen (secondary N) is 1. The second-order valence-electron chi connectivity index (χ2n) is 7.45. The molecule has 1 atom stereocenters. The number of nitrogens with zero attached hydrogens (tertiary/aromatic N) is 1. The number of carbonyl (C=O) groups excluding carboxylic acids is 1. The SMILES string of the molecule is CC(C)(CNC(=O)C(c1ccccc1)C1CC1)N1CCCC1. The zero-order chi connectivity index (χ0) is 15.6. The van der Waals surface area contributed by atoms with Crippen LogP contribution in [0.4, 0.5) is 0 Å². The maximum atomic E-state index is 12.8. The van der Waals surface area contributed by atoms with Crippen LogP contribution < -0.4 is 5.32 Å². The monoisotopic (exact) mass is 300 g/mol. The van der Waals surface area contributed by atoms with Crippen LogP contribution >= 0.6 is 0 Å². The highest BCUT2D eigenvalue weighted by Crippen LogP contribution is 2.42. The van der Waals surface area contributed by atoms with Crippen molar-refractivity contribution in [1.29, 1.82) is 0 Å². The van der Waals surface area contributed by atoms with E-state index in [1.165, 1.54) is 31.2 Å². The molecule has 22 heavy (non-hydrogen) atoms. The second kappa shape index (κ2) is 6.41. The summed E-state index contributed by atoms with van der Waals surface area (Å²) in [4.78, 5) is 15.3. The Morgan fingerprint density at radius 1 is 1.23 bits per heavy atom. The highest BCUT2D eigenvalue weighted by atomic mass is 16.1. The Kier molecular flexibility index (Phi) is 4.53. The lowest BCUT2D eigenvalue weighted by molar-refractivity contribution is -0.123. The Labute approximate surface area is 134 Å². The van der Waals surface area contributed by atoms with Gasteiger partial charge in [0.15, 0.2) is 0 Å². The average molecular weight is 300 g/mol. The van der Waals surface area contributed by atoms with Crippen molar-refractivity contribution < 1.29 is 4.79 Å². The van der Waals surface area contributed by atoms with E-state index in [0.717, 1.165) is 19.6 Å². The lowest BCUT2D eigenvalue weighted by atomic mass is 9.92. The van der Waals surface area contributed by atoms with Gasteiger partial charge in [0, 0.05) is 12.1 Å². The van der Waals surface area contributed by atoms with E-state index in [-0.39, 0.29) is 17.4 Å². The first-order valence-electron chi connectivity index (χ1n) is 8.66. The number of carbonyl (C=O) groups is 1. The van der Waals surface area contributed by atoms with Crippen molar-refractivity contribution in [3.05, 3.63) is 35.9 Å². The van der Waals surface area contributed by atoms with Gasteiger partial charge >= 0.3 is 0 Å². The molecule has 3 rings (SSSR count). The molecule has 0 spiro atoms. The van der Waals surface area contributed by atoms with E-state index in [1.54, 1.807) is 0 Å². The van der Waals surface area contributed by atoms with Crippen LogP contribution in [0.5, 0.6) is 0 Å². The summed E-state index contributed by atoms with van der Waals surface area (Å²) in [6.45, 7) is 7.55. The summed E-state index contributed by atoms with van der Waals surface area (Å²) in [7, 11) is 0. The first kappa shape index (κ1) is 15.5. The van der Waals surface area contributed by atoms with Crippen LogP contribution in [0.3, 0.4) is 0 Å². The Morgan fingerprint density at radius 2 is 1.86 bits per heavy atom. The molecule has 0 aromatic heterocycles. The number of benzene rings is 1. The van der Waals surface area contributed by atoms with Crippen molar-refractivity contribution in [1.82, 2.24) is 10.2 Å². The normalized spacial score (nSPS) is 20.8. The maximum Gasteiger partial charge on any atom is 0.227 e. The molecular weight excluding hydrogens is 272 g/mol. The molecule has 1 saturated heterocycles. The van der Waals surface area contributed by atoms with Gasteiger partial charge in [-0.1, -0.05) is 30.3 Å². The summed E-state index contributed by atoms with van der Waals surface area (Å²) in [5, 5.41) is 3.24. The van der Waals surface area contributed by atoms with Crippen molar-refractivity contribution >= 4 is 5.91 Å². The molecule has 1 aliphatic carbocycles. The van der Waals surface area contributed by atoms with E-state index in [4.69, 9.17) is 0 Å². The molecule has 120 valence electrons. The van der Waals surface area contributed by atoms with Gasteiger partial charge in [-0.2, -0.15) is 0 Å². The second-order valence-corrected chi connectivity index (χ2v) is 7.45. The Bertz CT molecular complexity index is 501. The molecule has 3 nitrogen and oxygen atoms in total. The molecule has 2 aliphatic rings. The van der Waals surface area contributed by atoms with E-state index in [2.05, 4.69) is 36.2 Å². The van der Waals surface area contributed by atoms with Crippen molar-refractivity contribution in [2.24, 2.45) is 5.92 Å². The van der Waals surface area contributed by atoms with Crippen molar-refractivity contribution in [3.8, 4) is 0 Å². The number of likely N-dealkylation sites (tertiary alicyclic amines) is 1. The zero-order valence-corrected chi connectivity index (χ0v) is 13.8. The summed E-state index contributed by atoms with van der Waals surface area (Å²) in [5.41, 5.74) is 1.22. The summed E-state index contributed by atoms with van der Waals surface area (Å²) in [6, 6.07) is 10.3. The fourth-order valence-electron chi connectivity index (χ4n) is 3.58. The molecule has 0 radical (unpaired) electrons. The third kappa shape index (κ3) is 3.52. The smallest absolute Gasteiger partial charge is 0.227 e. The summed E-state index contributed by atoms with van der Waals surface area (Å²) < 4.78 is 0. The van der Waals surface area contributed by atoms with Crippen LogP contribution in [0.15, 0.2) is 30.3 Å². The van der Waals surface area contributed by atoms with Crippen LogP contribution in [0, 0.1) is 5.92 Å². The molecule has 0 bridgehead atoms. The fourth-order valence-corrected chi connectivity index (χ4v) is 3.58. The van der Waals surface area contributed by atoms with Crippen LogP contribution in [0.2, 0.25) is 0 Å². The maximum absolute atomic E-state index is 12.8. The highest BCUT2D eigenvalue weighted by Gasteiger charge is 2.38. The van der Waals surface area contributed by atoms with Gasteiger partial charge in [0.25, 0.3) is 0 Å². The molecular formula is C19H28N2O. The van der Waals surface area contributed by atoms with Gasteiger partial charge < -0.3 is 5.32 Å². The number of hydrogen-bond donors (Lipinski definition) is 1. The van der Waals surface area contributed by atoms with Gasteiger partial charge in [0.2, 0.25) is 5.91 Å². The topological polar surface area (TPSA) is 32.3 Å². The minimum absolute atomic E-state index is 0.0376. The molecule has 1 amide bonds. The van der Waals surface area contributed by atoms with Crippen molar-refractivity contribution in [2.45, 2.75) is 51.0 Å². The van der Waals surface area contributed by atoms with Gasteiger partial charge in [0.05, 0.1) is 5.92 Å². The first-order chi connectivity index (χ1) is 10.6. The minimum Gasteiger partial charge on any atom is -0.354 e. The number of amides is 1. The summed E-state index contributed by atoms with van der Waals surface area (Å²) in [6.07, 6.45) is 4.93. The fraction of sp³-hybridized carbons (Fsp3) is 0.632. The third-order valence-electron chi connectivity index (χ3n) is 5.19. The van der Waals surface area contributed by atoms with Crippen LogP contribution in [0.25, 0.3) is 0 Å². The molecule has 1 heterocycles. The predicted molar refractivity (Wildman–Crippen MR) is 89.8 cm³/mol. The standard InChI is InChI=1S/C19H28N2O/c1-19(2,21-12-6-7-13-21)14-20-18(22)17(16-10-11-16)15-8-4-3-5-9-15/h3-5,8-9,16-17H,6-7,10-14H2,1-2H3,(H,20,22). The minimum atomic E-state index is 0.0376. The van der Waals surface area contributed by atoms with E-state index >= 15 is 0 Å². The van der Waals surface area contributed by atoms with Crippen molar-refractivity contribution in [3.63, 3.8) is 0 Å². The van der Waals surface area contributed by atoms with Gasteiger partial charge in [-0.25, -0.2) is 0 Å². The molecule has 2 fully saturated rings. The van der Waals surface area contributed by atoms with E-state index < -0.39 is 0 Å². The molecule has 1 aromatic rings. The van der Waals surface area contributed by atoms with Crippen LogP contribution in [-0.2, 0) is 4.79 Å². The molecule has 1 saturated carbocycles. The lowest BCUT2D eigenvalue weighted by Crippen LogP contribution is -2.51. The van der Waals surface area contributed by atoms with E-state index in [9.17, 15) is 4.79 Å². The van der Waals surface area contributed by atoms with Crippen LogP contribution in [-0.4, -0.2) is 36.0 Å². The highest BCUT2D eigenvalue weighted by molar-refractivity contribution is 5.84. The van der Waals surface area contributed by atoms with Gasteiger partial charge in [-0.15, -0.1) is 0 Å². The largest absolute Gasteiger partial charge is 0.354 e. The Morgan fingerprint density at radius 3 is 2.45 bits per heavy atom. The number of rotatable bonds is 6. The molecule has 1 aromatic carbocycles. The average Bonchev–Trinajstić information content (AvgIpc) is 3.17. The molecule has 1 N–H and O–H groups in total. The number of hydrogen-bond acceptors (Lipinski definition) is 2. The van der Waals surface area contributed by atoms with E-state index in [1.807, 2.05) is 18.2 Å². The molecule has 3 heteroatoms. The van der Waals surface area contributed by atoms with Crippen LogP contribution in [0.1, 0.15) is 51.0 Å². The quantitative estimate of drug-likeness (QED) is 0.875. The molecule has 1 aliphatic heterocycles. The Hall–Kier alpha value is -1.35. The Balaban J connectivity index is 1.62. The predicted octanol–water partition coefficient (Wildman–Crippen LogP) is 3.17. The van der Waals surface area contributed by atoms with E-state index in [0.29, 0.717) is 5.92 Å². The van der Waals surface area contributed by atoms with Gasteiger partial charge in [-0.05, 0) is 64.1 Å². The van der Waals surface area contributed by atoms with Crippen molar-refractivity contribution in [2.75, 3.05) is 19.6 Å². The lowest BCUT2D eigenvalue weighted by Gasteiger charge is -2.36. The van der Waals surface area contributed by atoms with Gasteiger partial charge in [0.1, 0.15) is 0 Å². The first-order valence-corrected chi connectivity index (χ1v) is 8.66.